The SMILES string of the molecule is [C-]#[N+]/C(C)=C1/CC[C@H]2[C@@H]3CC=C4C[C@H](O)CC[C@]4(C)[C@H]3CC[C@]12C. The Balaban J connectivity index is 1.69. The first-order valence-corrected chi connectivity index (χ1v) is 9.85. The second kappa shape index (κ2) is 5.46. The van der Waals surface area contributed by atoms with Crippen molar-refractivity contribution in [2.75, 3.05) is 0 Å². The zero-order chi connectivity index (χ0) is 17.1. The lowest BCUT2D eigenvalue weighted by Crippen LogP contribution is -2.49. The normalized spacial score (nSPS) is 49.4. The lowest BCUT2D eigenvalue weighted by atomic mass is 9.48. The van der Waals surface area contributed by atoms with Gasteiger partial charge >= 0.3 is 0 Å². The summed E-state index contributed by atoms with van der Waals surface area (Å²) in [5.74, 6) is 2.32. The van der Waals surface area contributed by atoms with Gasteiger partial charge in [-0.05, 0) is 86.9 Å². The first-order valence-electron chi connectivity index (χ1n) is 9.85. The number of allylic oxidation sites excluding steroid dienone is 3. The minimum atomic E-state index is -0.114. The molecule has 6 atom stereocenters. The maximum absolute atomic E-state index is 10.1. The molecule has 0 aromatic carbocycles. The molecule has 2 nitrogen and oxygen atoms in total. The third-order valence-corrected chi connectivity index (χ3v) is 8.47. The van der Waals surface area contributed by atoms with Gasteiger partial charge in [0, 0.05) is 0 Å². The van der Waals surface area contributed by atoms with Crippen LogP contribution in [0.25, 0.3) is 4.85 Å². The van der Waals surface area contributed by atoms with Crippen molar-refractivity contribution in [3.05, 3.63) is 34.3 Å². The summed E-state index contributed by atoms with van der Waals surface area (Å²) in [6, 6.07) is 0. The van der Waals surface area contributed by atoms with Crippen LogP contribution in [0.4, 0.5) is 0 Å². The predicted octanol–water partition coefficient (Wildman–Crippen LogP) is 5.50. The van der Waals surface area contributed by atoms with Crippen molar-refractivity contribution in [2.45, 2.75) is 78.2 Å². The molecule has 2 heteroatoms. The molecule has 0 saturated heterocycles. The van der Waals surface area contributed by atoms with Crippen LogP contribution in [-0.4, -0.2) is 11.2 Å². The van der Waals surface area contributed by atoms with Gasteiger partial charge in [-0.3, -0.25) is 0 Å². The zero-order valence-electron chi connectivity index (χ0n) is 15.4. The Morgan fingerprint density at radius 3 is 2.62 bits per heavy atom. The van der Waals surface area contributed by atoms with Crippen molar-refractivity contribution in [3.8, 4) is 0 Å². The molecule has 0 bridgehead atoms. The van der Waals surface area contributed by atoms with Gasteiger partial charge in [0.2, 0.25) is 0 Å². The maximum Gasteiger partial charge on any atom is 0.162 e. The number of aliphatic hydroxyl groups excluding tert-OH is 1. The van der Waals surface area contributed by atoms with Crippen LogP contribution in [0.1, 0.15) is 72.1 Å². The van der Waals surface area contributed by atoms with Crippen molar-refractivity contribution >= 4 is 0 Å². The fourth-order valence-electron chi connectivity index (χ4n) is 7.12. The van der Waals surface area contributed by atoms with E-state index in [1.165, 1.54) is 31.3 Å². The van der Waals surface area contributed by atoms with Gasteiger partial charge in [0.15, 0.2) is 5.70 Å². The summed E-state index contributed by atoms with van der Waals surface area (Å²) in [7, 11) is 0. The first kappa shape index (κ1) is 16.4. The first-order chi connectivity index (χ1) is 11.4. The zero-order valence-corrected chi connectivity index (χ0v) is 15.4. The van der Waals surface area contributed by atoms with Crippen LogP contribution in [0.5, 0.6) is 0 Å². The monoisotopic (exact) mass is 325 g/mol. The topological polar surface area (TPSA) is 24.6 Å². The third kappa shape index (κ3) is 2.10. The molecule has 0 unspecified atom stereocenters. The quantitative estimate of drug-likeness (QED) is 0.461. The molecule has 0 aliphatic heterocycles. The highest BCUT2D eigenvalue weighted by molar-refractivity contribution is 5.33. The van der Waals surface area contributed by atoms with E-state index in [4.69, 9.17) is 6.57 Å². The highest BCUT2D eigenvalue weighted by Crippen LogP contribution is 2.66. The van der Waals surface area contributed by atoms with Crippen LogP contribution >= 0.6 is 0 Å². The molecule has 24 heavy (non-hydrogen) atoms. The molecule has 4 aliphatic carbocycles. The Kier molecular flexibility index (Phi) is 3.73. The van der Waals surface area contributed by atoms with Gasteiger partial charge in [0.25, 0.3) is 0 Å². The van der Waals surface area contributed by atoms with Crippen LogP contribution in [0, 0.1) is 35.2 Å². The van der Waals surface area contributed by atoms with E-state index in [1.54, 1.807) is 5.57 Å². The molecule has 0 aromatic rings. The van der Waals surface area contributed by atoms with Gasteiger partial charge in [-0.15, -0.1) is 0 Å². The van der Waals surface area contributed by atoms with E-state index < -0.39 is 0 Å². The van der Waals surface area contributed by atoms with Gasteiger partial charge < -0.3 is 5.11 Å². The molecular formula is C22H31NO. The maximum atomic E-state index is 10.1. The summed E-state index contributed by atoms with van der Waals surface area (Å²) in [5, 5.41) is 10.1. The minimum Gasteiger partial charge on any atom is -0.393 e. The summed E-state index contributed by atoms with van der Waals surface area (Å²) in [5.41, 5.74) is 4.59. The highest BCUT2D eigenvalue weighted by atomic mass is 16.3. The minimum absolute atomic E-state index is 0.114. The Bertz CT molecular complexity index is 653. The van der Waals surface area contributed by atoms with E-state index in [2.05, 4.69) is 24.8 Å². The van der Waals surface area contributed by atoms with Crippen molar-refractivity contribution in [3.63, 3.8) is 0 Å². The number of aliphatic hydroxyl groups is 1. The third-order valence-electron chi connectivity index (χ3n) is 8.47. The van der Waals surface area contributed by atoms with Crippen LogP contribution in [0.2, 0.25) is 0 Å². The van der Waals surface area contributed by atoms with Crippen molar-refractivity contribution < 1.29 is 5.11 Å². The molecule has 130 valence electrons. The van der Waals surface area contributed by atoms with Crippen LogP contribution in [-0.2, 0) is 0 Å². The van der Waals surface area contributed by atoms with E-state index >= 15 is 0 Å². The van der Waals surface area contributed by atoms with Gasteiger partial charge in [0.1, 0.15) is 0 Å². The van der Waals surface area contributed by atoms with E-state index in [9.17, 15) is 5.11 Å². The van der Waals surface area contributed by atoms with Crippen molar-refractivity contribution in [1.29, 1.82) is 0 Å². The number of rotatable bonds is 0. The Morgan fingerprint density at radius 1 is 1.17 bits per heavy atom. The fraction of sp³-hybridized carbons (Fsp3) is 0.773. The summed E-state index contributed by atoms with van der Waals surface area (Å²) < 4.78 is 0. The second-order valence-electron chi connectivity index (χ2n) is 9.33. The van der Waals surface area contributed by atoms with Gasteiger partial charge in [-0.2, -0.15) is 0 Å². The van der Waals surface area contributed by atoms with Crippen LogP contribution < -0.4 is 0 Å². The van der Waals surface area contributed by atoms with Gasteiger partial charge in [0.05, 0.1) is 12.7 Å². The Hall–Kier alpha value is -1.07. The summed E-state index contributed by atoms with van der Waals surface area (Å²) >= 11 is 0. The summed E-state index contributed by atoms with van der Waals surface area (Å²) in [4.78, 5) is 3.79. The van der Waals surface area contributed by atoms with Gasteiger partial charge in [-0.1, -0.05) is 31.1 Å². The van der Waals surface area contributed by atoms with E-state index in [-0.39, 0.29) is 11.5 Å². The molecule has 0 radical (unpaired) electrons. The summed E-state index contributed by atoms with van der Waals surface area (Å²) in [6.45, 7) is 14.4. The molecule has 1 N–H and O–H groups in total. The van der Waals surface area contributed by atoms with Crippen molar-refractivity contribution in [2.24, 2.45) is 28.6 Å². The Labute approximate surface area is 146 Å². The smallest absolute Gasteiger partial charge is 0.162 e. The van der Waals surface area contributed by atoms with Gasteiger partial charge in [-0.25, -0.2) is 4.85 Å². The molecule has 4 aliphatic rings. The van der Waals surface area contributed by atoms with Crippen LogP contribution in [0.3, 0.4) is 0 Å². The second-order valence-corrected chi connectivity index (χ2v) is 9.33. The number of nitrogens with zero attached hydrogens (tertiary/aromatic N) is 1. The number of hydrogen-bond donors (Lipinski definition) is 1. The average molecular weight is 325 g/mol. The highest BCUT2D eigenvalue weighted by Gasteiger charge is 2.57. The number of fused-ring (bicyclic) bond motifs is 5. The molecule has 3 fully saturated rings. The lowest BCUT2D eigenvalue weighted by Gasteiger charge is -2.57. The molecule has 0 amide bonds. The fourth-order valence-corrected chi connectivity index (χ4v) is 7.12. The lowest BCUT2D eigenvalue weighted by molar-refractivity contribution is -0.0269. The standard InChI is InChI=1S/C22H31NO/c1-14(23-4)18-7-8-19-17-6-5-15-13-16(24)9-11-21(15,2)20(17)10-12-22(18,19)3/h5,16-17,19-20,24H,6-13H2,1-3H3/b18-14-/t16-,17+,19+,20+,21+,22-/m1/s1. The molecule has 0 aromatic heterocycles. The molecule has 4 rings (SSSR count). The molecule has 0 heterocycles. The predicted molar refractivity (Wildman–Crippen MR) is 97.0 cm³/mol. The average Bonchev–Trinajstić information content (AvgIpc) is 2.92. The van der Waals surface area contributed by atoms with Crippen LogP contribution in [0.15, 0.2) is 22.9 Å². The molecular weight excluding hydrogens is 294 g/mol. The van der Waals surface area contributed by atoms with E-state index in [0.29, 0.717) is 5.41 Å². The molecule has 0 spiro atoms. The van der Waals surface area contributed by atoms with E-state index in [0.717, 1.165) is 49.1 Å². The largest absolute Gasteiger partial charge is 0.393 e. The Morgan fingerprint density at radius 2 is 1.88 bits per heavy atom. The summed E-state index contributed by atoms with van der Waals surface area (Å²) in [6.07, 6.45) is 11.6. The number of hydrogen-bond acceptors (Lipinski definition) is 1. The van der Waals surface area contributed by atoms with Crippen molar-refractivity contribution in [1.82, 2.24) is 0 Å². The molecule has 3 saturated carbocycles. The van der Waals surface area contributed by atoms with E-state index in [1.807, 2.05) is 6.92 Å².